The van der Waals surface area contributed by atoms with Crippen molar-refractivity contribution in [1.82, 2.24) is 0 Å². The predicted molar refractivity (Wildman–Crippen MR) is 180 cm³/mol. The summed E-state index contributed by atoms with van der Waals surface area (Å²) in [6.45, 7) is 26.8. The topological polar surface area (TPSA) is 63.2 Å². The Labute approximate surface area is 251 Å². The highest BCUT2D eigenvalue weighted by Crippen LogP contribution is 2.29. The number of carbonyl (C=O) groups is 1. The molecule has 0 spiro atoms. The first-order valence-electron chi connectivity index (χ1n) is 15.2. The van der Waals surface area contributed by atoms with E-state index in [2.05, 4.69) is 78.9 Å². The molecular weight excluding hydrogens is 585 g/mol. The molecule has 1 rings (SSSR count). The van der Waals surface area contributed by atoms with Crippen LogP contribution in [0.2, 0.25) is 78.1 Å². The zero-order valence-electron chi connectivity index (χ0n) is 27.8. The summed E-state index contributed by atoms with van der Waals surface area (Å²) < 4.78 is 32.2. The van der Waals surface area contributed by atoms with Gasteiger partial charge in [0.1, 0.15) is 6.61 Å². The summed E-state index contributed by atoms with van der Waals surface area (Å²) in [5.74, 6) is 0.249. The fourth-order valence-corrected chi connectivity index (χ4v) is 28.6. The van der Waals surface area contributed by atoms with Crippen molar-refractivity contribution in [2.24, 2.45) is 5.92 Å². The lowest BCUT2D eigenvalue weighted by atomic mass is 9.99. The van der Waals surface area contributed by atoms with Crippen LogP contribution in [0.1, 0.15) is 57.4 Å². The second-order valence-corrected chi connectivity index (χ2v) is 34.4. The van der Waals surface area contributed by atoms with Crippen LogP contribution in [0.4, 0.5) is 0 Å². The lowest BCUT2D eigenvalue weighted by molar-refractivity contribution is -0.146. The molecule has 6 nitrogen and oxygen atoms in total. The smallest absolute Gasteiger partial charge is 0.315 e. The third-order valence-corrected chi connectivity index (χ3v) is 23.6. The Morgan fingerprint density at radius 3 is 1.77 bits per heavy atom. The number of ether oxygens (including phenoxy) is 1. The summed E-state index contributed by atoms with van der Waals surface area (Å²) in [4.78, 5) is 12.2. The van der Waals surface area contributed by atoms with Gasteiger partial charge in [-0.2, -0.15) is 0 Å². The number of hydrogen-bond donors (Lipinski definition) is 0. The molecule has 0 aliphatic rings. The molecule has 0 aromatic heterocycles. The standard InChI is InChI=1S/C29H60O6Si5/c1-27(25-29(30)31-26-28-22-18-16-19-23-28)21-17-14-13-15-20-24-40(12,33-37(5,6)7)35-39(10,11)34-38(8,9)32-36(2,3)4/h16,18-19,22-23,27H,13-15,17,20-21,24-26H2,1-12H3. The predicted octanol–water partition coefficient (Wildman–Crippen LogP) is 9.31. The molecule has 0 saturated heterocycles. The average Bonchev–Trinajstić information content (AvgIpc) is 2.73. The Balaban J connectivity index is 2.44. The van der Waals surface area contributed by atoms with Crippen molar-refractivity contribution in [3.63, 3.8) is 0 Å². The van der Waals surface area contributed by atoms with Crippen LogP contribution in [0.15, 0.2) is 30.3 Å². The van der Waals surface area contributed by atoms with Gasteiger partial charge in [-0.25, -0.2) is 0 Å². The summed E-state index contributed by atoms with van der Waals surface area (Å²) in [7, 11) is -10.6. The van der Waals surface area contributed by atoms with Crippen LogP contribution < -0.4 is 0 Å². The Bertz CT molecular complexity index is 870. The van der Waals surface area contributed by atoms with Crippen molar-refractivity contribution in [1.29, 1.82) is 0 Å². The van der Waals surface area contributed by atoms with Crippen LogP contribution in [0, 0.1) is 5.92 Å². The van der Waals surface area contributed by atoms with Gasteiger partial charge >= 0.3 is 31.7 Å². The highest BCUT2D eigenvalue weighted by molar-refractivity contribution is 6.90. The molecule has 0 N–H and O–H groups in total. The van der Waals surface area contributed by atoms with E-state index < -0.39 is 42.3 Å². The molecule has 1 aromatic rings. The van der Waals surface area contributed by atoms with E-state index in [-0.39, 0.29) is 5.97 Å². The largest absolute Gasteiger partial charge is 0.461 e. The Morgan fingerprint density at radius 2 is 1.20 bits per heavy atom. The van der Waals surface area contributed by atoms with E-state index in [1.165, 1.54) is 19.3 Å². The molecule has 0 bridgehead atoms. The maximum absolute atomic E-state index is 12.2. The quantitative estimate of drug-likeness (QED) is 0.0801. The molecule has 1 aromatic carbocycles. The minimum Gasteiger partial charge on any atom is -0.461 e. The highest BCUT2D eigenvalue weighted by Gasteiger charge is 2.46. The number of carbonyl (C=O) groups excluding carboxylic acids is 1. The molecule has 0 fully saturated rings. The maximum atomic E-state index is 12.2. The van der Waals surface area contributed by atoms with Crippen molar-refractivity contribution >= 4 is 48.3 Å². The van der Waals surface area contributed by atoms with Crippen molar-refractivity contribution < 1.29 is 26.0 Å². The molecular formula is C29H60O6Si5. The molecule has 0 heterocycles. The molecule has 40 heavy (non-hydrogen) atoms. The molecule has 0 amide bonds. The third-order valence-electron chi connectivity index (χ3n) is 6.11. The second kappa shape index (κ2) is 16.5. The average molecular weight is 645 g/mol. The fourth-order valence-electron chi connectivity index (χ4n) is 5.31. The number of benzene rings is 1. The van der Waals surface area contributed by atoms with Crippen molar-refractivity contribution in [2.75, 3.05) is 0 Å². The molecule has 232 valence electrons. The van der Waals surface area contributed by atoms with Gasteiger partial charge in [0, 0.05) is 6.42 Å². The fraction of sp³-hybridized carbons (Fsp3) is 0.759. The molecule has 0 radical (unpaired) electrons. The number of hydrogen-bond acceptors (Lipinski definition) is 6. The van der Waals surface area contributed by atoms with Gasteiger partial charge in [0.25, 0.3) is 0 Å². The lowest BCUT2D eigenvalue weighted by Gasteiger charge is -2.42. The molecule has 0 aliphatic heterocycles. The first kappa shape index (κ1) is 37.6. The minimum atomic E-state index is -2.43. The van der Waals surface area contributed by atoms with Crippen molar-refractivity contribution in [3.8, 4) is 0 Å². The molecule has 0 aliphatic carbocycles. The van der Waals surface area contributed by atoms with Crippen LogP contribution in [-0.2, 0) is 32.6 Å². The minimum absolute atomic E-state index is 0.100. The highest BCUT2D eigenvalue weighted by atomic mass is 28.5. The zero-order chi connectivity index (χ0) is 30.7. The van der Waals surface area contributed by atoms with Gasteiger partial charge in [0.15, 0.2) is 16.6 Å². The van der Waals surface area contributed by atoms with E-state index in [0.29, 0.717) is 18.9 Å². The first-order valence-corrected chi connectivity index (χ1v) is 30.2. The van der Waals surface area contributed by atoms with Crippen LogP contribution in [0.3, 0.4) is 0 Å². The van der Waals surface area contributed by atoms with Crippen LogP contribution in [0.5, 0.6) is 0 Å². The van der Waals surface area contributed by atoms with Crippen LogP contribution in [-0.4, -0.2) is 48.3 Å². The van der Waals surface area contributed by atoms with Gasteiger partial charge in [-0.1, -0.05) is 75.8 Å². The maximum Gasteiger partial charge on any atom is 0.315 e. The van der Waals surface area contributed by atoms with Gasteiger partial charge in [-0.3, -0.25) is 4.79 Å². The zero-order valence-corrected chi connectivity index (χ0v) is 32.8. The number of rotatable bonds is 20. The first-order chi connectivity index (χ1) is 18.2. The Kier molecular flexibility index (Phi) is 15.5. The summed E-state index contributed by atoms with van der Waals surface area (Å²) in [5.41, 5.74) is 1.03. The van der Waals surface area contributed by atoms with Crippen LogP contribution >= 0.6 is 0 Å². The summed E-state index contributed by atoms with van der Waals surface area (Å²) in [6, 6.07) is 10.9. The normalized spacial score (nSPS) is 15.5. The monoisotopic (exact) mass is 644 g/mol. The van der Waals surface area contributed by atoms with Gasteiger partial charge in [-0.05, 0) is 89.5 Å². The number of esters is 1. The van der Waals surface area contributed by atoms with E-state index in [0.717, 1.165) is 30.9 Å². The van der Waals surface area contributed by atoms with E-state index in [1.807, 2.05) is 30.3 Å². The lowest BCUT2D eigenvalue weighted by Crippen LogP contribution is -2.59. The van der Waals surface area contributed by atoms with E-state index in [1.54, 1.807) is 0 Å². The van der Waals surface area contributed by atoms with Crippen molar-refractivity contribution in [3.05, 3.63) is 35.9 Å². The van der Waals surface area contributed by atoms with Gasteiger partial charge in [0.05, 0.1) is 0 Å². The van der Waals surface area contributed by atoms with Crippen LogP contribution in [0.25, 0.3) is 0 Å². The third kappa shape index (κ3) is 18.9. The summed E-state index contributed by atoms with van der Waals surface area (Å²) >= 11 is 0. The van der Waals surface area contributed by atoms with Crippen molar-refractivity contribution in [2.45, 2.75) is 137 Å². The summed E-state index contributed by atoms with van der Waals surface area (Å²) in [5, 5.41) is 0. The SMILES string of the molecule is CC(CCCCCCC[Si](C)(O[Si](C)(C)C)O[Si](C)(C)O[Si](C)(C)O[Si](C)(C)C)CC(=O)OCc1ccccc1. The van der Waals surface area contributed by atoms with Gasteiger partial charge < -0.3 is 21.2 Å². The Morgan fingerprint density at radius 1 is 0.675 bits per heavy atom. The van der Waals surface area contributed by atoms with E-state index >= 15 is 0 Å². The molecule has 0 saturated carbocycles. The Hall–Kier alpha value is -0.386. The molecule has 11 heteroatoms. The number of unbranched alkanes of at least 4 members (excludes halogenated alkanes) is 4. The molecule has 2 unspecified atom stereocenters. The molecule has 2 atom stereocenters. The van der Waals surface area contributed by atoms with Gasteiger partial charge in [0.2, 0.25) is 0 Å². The second-order valence-electron chi connectivity index (χ2n) is 14.3. The van der Waals surface area contributed by atoms with Gasteiger partial charge in [-0.15, -0.1) is 0 Å². The van der Waals surface area contributed by atoms with E-state index in [9.17, 15) is 4.79 Å². The van der Waals surface area contributed by atoms with E-state index in [4.69, 9.17) is 21.2 Å². The summed E-state index contributed by atoms with van der Waals surface area (Å²) in [6.07, 6.45) is 7.38.